The highest BCUT2D eigenvalue weighted by molar-refractivity contribution is 14.1. The Morgan fingerprint density at radius 2 is 1.93 bits per heavy atom. The van der Waals surface area contributed by atoms with Gasteiger partial charge in [-0.3, -0.25) is 4.79 Å². The number of halogens is 2. The second-order valence-electron chi connectivity index (χ2n) is 2.58. The fourth-order valence-electron chi connectivity index (χ4n) is 0.911. The number of hydrogen-bond acceptors (Lipinski definition) is 2. The van der Waals surface area contributed by atoms with Crippen molar-refractivity contribution >= 4 is 54.7 Å². The second kappa shape index (κ2) is 5.69. The van der Waals surface area contributed by atoms with Gasteiger partial charge in [-0.1, -0.05) is 34.7 Å². The number of rotatable bonds is 2. The lowest BCUT2D eigenvalue weighted by Crippen LogP contribution is -2.00. The molecule has 0 amide bonds. The third-order valence-electron chi connectivity index (χ3n) is 1.49. The van der Waals surface area contributed by atoms with Crippen molar-refractivity contribution in [3.63, 3.8) is 0 Å². The van der Waals surface area contributed by atoms with Gasteiger partial charge in [-0.15, -0.1) is 0 Å². The predicted molar refractivity (Wildman–Crippen MR) is 73.8 cm³/mol. The first kappa shape index (κ1) is 12.0. The fraction of sp³-hybridized carbons (Fsp3) is 0.100. The molecule has 0 fully saturated rings. The lowest BCUT2D eigenvalue weighted by molar-refractivity contribution is -0.131. The van der Waals surface area contributed by atoms with Crippen molar-refractivity contribution in [2.24, 2.45) is 0 Å². The number of esters is 1. The minimum Gasteiger partial charge on any atom is -0.427 e. The van der Waals surface area contributed by atoms with Crippen LogP contribution in [-0.2, 0) is 4.79 Å². The van der Waals surface area contributed by atoms with Gasteiger partial charge in [0.1, 0.15) is 5.75 Å². The highest BCUT2D eigenvalue weighted by atomic mass is 127. The molecule has 1 aromatic carbocycles. The van der Waals surface area contributed by atoms with Crippen molar-refractivity contribution in [3.8, 4) is 5.75 Å². The zero-order valence-corrected chi connectivity index (χ0v) is 11.8. The molecule has 0 aliphatic heterocycles. The number of carbonyl (C=O) groups is 1. The lowest BCUT2D eigenvalue weighted by atomic mass is 10.2. The summed E-state index contributed by atoms with van der Waals surface area (Å²) in [6, 6.07) is 7.43. The minimum atomic E-state index is -0.295. The first-order chi connectivity index (χ1) is 6.63. The van der Waals surface area contributed by atoms with Gasteiger partial charge >= 0.3 is 5.97 Å². The van der Waals surface area contributed by atoms with Gasteiger partial charge in [-0.05, 0) is 44.4 Å². The molecule has 1 rings (SSSR count). The molecular weight excluding hydrogens is 406 g/mol. The third-order valence-corrected chi connectivity index (χ3v) is 4.24. The summed E-state index contributed by atoms with van der Waals surface area (Å²) in [5.41, 5.74) is 1.12. The zero-order chi connectivity index (χ0) is 10.6. The van der Waals surface area contributed by atoms with Crippen molar-refractivity contribution in [2.75, 3.05) is 0 Å². The fourth-order valence-corrected chi connectivity index (χ4v) is 1.63. The molecule has 2 nitrogen and oxygen atoms in total. The molecule has 0 atom stereocenters. The van der Waals surface area contributed by atoms with Crippen molar-refractivity contribution in [1.29, 1.82) is 0 Å². The van der Waals surface area contributed by atoms with Gasteiger partial charge < -0.3 is 4.74 Å². The van der Waals surface area contributed by atoms with Crippen molar-refractivity contribution < 1.29 is 9.53 Å². The second-order valence-corrected chi connectivity index (χ2v) is 4.36. The van der Waals surface area contributed by atoms with Gasteiger partial charge in [-0.2, -0.15) is 0 Å². The van der Waals surface area contributed by atoms with E-state index < -0.39 is 0 Å². The monoisotopic (exact) mass is 414 g/mol. The maximum atomic E-state index is 10.7. The Labute approximate surface area is 110 Å². The van der Waals surface area contributed by atoms with Crippen LogP contribution in [0.15, 0.2) is 28.3 Å². The molecule has 0 aromatic heterocycles. The maximum Gasteiger partial charge on any atom is 0.308 e. The molecular formula is C10H8I2O2. The van der Waals surface area contributed by atoms with Crippen molar-refractivity contribution in [2.45, 2.75) is 6.92 Å². The van der Waals surface area contributed by atoms with Crippen LogP contribution in [0.2, 0.25) is 0 Å². The molecule has 74 valence electrons. The molecule has 0 spiro atoms. The average molecular weight is 414 g/mol. The molecule has 0 aliphatic rings. The Morgan fingerprint density at radius 3 is 2.36 bits per heavy atom. The van der Waals surface area contributed by atoms with Crippen LogP contribution in [0, 0.1) is 0 Å². The summed E-state index contributed by atoms with van der Waals surface area (Å²) in [5.74, 6) is 0.288. The third kappa shape index (κ3) is 3.56. The van der Waals surface area contributed by atoms with Gasteiger partial charge in [0.05, 0.1) is 0 Å². The van der Waals surface area contributed by atoms with Crippen LogP contribution >= 0.6 is 45.2 Å². The summed E-state index contributed by atoms with van der Waals surface area (Å²) in [7, 11) is 0. The van der Waals surface area contributed by atoms with Gasteiger partial charge in [0.25, 0.3) is 0 Å². The van der Waals surface area contributed by atoms with Crippen LogP contribution in [0.4, 0.5) is 0 Å². The molecule has 1 aromatic rings. The topological polar surface area (TPSA) is 26.3 Å². The normalized spacial score (nSPS) is 11.2. The SMILES string of the molecule is CC(=O)Oc1ccc(/C(I)=C\I)cc1. The van der Waals surface area contributed by atoms with Gasteiger partial charge in [-0.25, -0.2) is 0 Å². The summed E-state index contributed by atoms with van der Waals surface area (Å²) in [4.78, 5) is 10.7. The number of hydrogen-bond donors (Lipinski definition) is 0. The van der Waals surface area contributed by atoms with E-state index in [1.165, 1.54) is 6.92 Å². The van der Waals surface area contributed by atoms with E-state index in [0.717, 1.165) is 9.14 Å². The van der Waals surface area contributed by atoms with Gasteiger partial charge in [0, 0.05) is 10.5 Å². The summed E-state index contributed by atoms with van der Waals surface area (Å²) in [6.07, 6.45) is 0. The van der Waals surface area contributed by atoms with Crippen molar-refractivity contribution in [1.82, 2.24) is 0 Å². The first-order valence-electron chi connectivity index (χ1n) is 3.88. The molecule has 14 heavy (non-hydrogen) atoms. The molecule has 0 N–H and O–H groups in total. The Morgan fingerprint density at radius 1 is 1.36 bits per heavy atom. The van der Waals surface area contributed by atoms with E-state index in [4.69, 9.17) is 4.74 Å². The molecule has 0 heterocycles. The van der Waals surface area contributed by atoms with Crippen LogP contribution in [0.5, 0.6) is 5.75 Å². The Kier molecular flexibility index (Phi) is 4.86. The summed E-state index contributed by atoms with van der Waals surface area (Å²) in [6.45, 7) is 1.39. The Hall–Kier alpha value is -0.110. The molecule has 0 saturated carbocycles. The predicted octanol–water partition coefficient (Wildman–Crippen LogP) is 3.78. The number of carbonyl (C=O) groups excluding carboxylic acids is 1. The van der Waals surface area contributed by atoms with E-state index in [2.05, 4.69) is 45.2 Å². The first-order valence-corrected chi connectivity index (χ1v) is 6.20. The van der Waals surface area contributed by atoms with E-state index >= 15 is 0 Å². The van der Waals surface area contributed by atoms with Crippen LogP contribution in [-0.4, -0.2) is 5.97 Å². The van der Waals surface area contributed by atoms with Crippen LogP contribution < -0.4 is 4.74 Å². The van der Waals surface area contributed by atoms with Crippen molar-refractivity contribution in [3.05, 3.63) is 33.9 Å². The van der Waals surface area contributed by atoms with Crippen LogP contribution in [0.1, 0.15) is 12.5 Å². The van der Waals surface area contributed by atoms with E-state index in [1.807, 2.05) is 16.2 Å². The summed E-state index contributed by atoms with van der Waals surface area (Å²) < 4.78 is 8.08. The standard InChI is InChI=1S/C10H8I2O2/c1-7(13)14-9-4-2-8(3-5-9)10(12)6-11/h2-6H,1H3/b10-6+. The van der Waals surface area contributed by atoms with Crippen LogP contribution in [0.3, 0.4) is 0 Å². The number of ether oxygens (including phenoxy) is 1. The molecule has 0 radical (unpaired) electrons. The van der Waals surface area contributed by atoms with E-state index in [9.17, 15) is 4.79 Å². The van der Waals surface area contributed by atoms with E-state index in [-0.39, 0.29) is 5.97 Å². The summed E-state index contributed by atoms with van der Waals surface area (Å²) in [5, 5.41) is 0. The Bertz CT molecular complexity index is 355. The molecule has 0 unspecified atom stereocenters. The smallest absolute Gasteiger partial charge is 0.308 e. The highest BCUT2D eigenvalue weighted by Crippen LogP contribution is 2.25. The Balaban J connectivity index is 2.83. The minimum absolute atomic E-state index is 0.295. The van der Waals surface area contributed by atoms with E-state index in [1.54, 1.807) is 12.1 Å². The molecule has 4 heteroatoms. The zero-order valence-electron chi connectivity index (χ0n) is 7.46. The number of benzene rings is 1. The van der Waals surface area contributed by atoms with E-state index in [0.29, 0.717) is 5.75 Å². The largest absolute Gasteiger partial charge is 0.427 e. The average Bonchev–Trinajstić information content (AvgIpc) is 2.17. The summed E-state index contributed by atoms with van der Waals surface area (Å²) >= 11 is 4.45. The molecule has 0 bridgehead atoms. The van der Waals surface area contributed by atoms with Crippen LogP contribution in [0.25, 0.3) is 3.58 Å². The lowest BCUT2D eigenvalue weighted by Gasteiger charge is -2.02. The van der Waals surface area contributed by atoms with Gasteiger partial charge in [0.15, 0.2) is 0 Å². The van der Waals surface area contributed by atoms with Gasteiger partial charge in [0.2, 0.25) is 0 Å². The quantitative estimate of drug-likeness (QED) is 0.419. The highest BCUT2D eigenvalue weighted by Gasteiger charge is 1.99. The maximum absolute atomic E-state index is 10.7. The molecule has 0 aliphatic carbocycles. The molecule has 0 saturated heterocycles.